The van der Waals surface area contributed by atoms with Crippen molar-refractivity contribution in [1.29, 1.82) is 0 Å². The van der Waals surface area contributed by atoms with Crippen LogP contribution in [0, 0.1) is 0 Å². The molecule has 1 amide bonds. The summed E-state index contributed by atoms with van der Waals surface area (Å²) < 4.78 is 0. The van der Waals surface area contributed by atoms with Crippen molar-refractivity contribution in [2.75, 3.05) is 0 Å². The first-order valence-corrected chi connectivity index (χ1v) is 6.78. The van der Waals surface area contributed by atoms with E-state index in [1.807, 2.05) is 30.3 Å². The zero-order valence-corrected chi connectivity index (χ0v) is 11.7. The lowest BCUT2D eigenvalue weighted by Crippen LogP contribution is -2.22. The Morgan fingerprint density at radius 1 is 1.05 bits per heavy atom. The first-order valence-electron chi connectivity index (χ1n) is 5.86. The van der Waals surface area contributed by atoms with Crippen LogP contribution in [0.5, 0.6) is 0 Å². The minimum absolute atomic E-state index is 0.110. The molecule has 2 aromatic carbocycles. The highest BCUT2D eigenvalue weighted by atomic mass is 35.5. The summed E-state index contributed by atoms with van der Waals surface area (Å²) in [5.74, 6) is 0.339. The van der Waals surface area contributed by atoms with E-state index in [-0.39, 0.29) is 5.91 Å². The van der Waals surface area contributed by atoms with Gasteiger partial charge in [0.05, 0.1) is 0 Å². The van der Waals surface area contributed by atoms with E-state index >= 15 is 0 Å². The first kappa shape index (κ1) is 13.9. The van der Waals surface area contributed by atoms with E-state index in [9.17, 15) is 4.79 Å². The van der Waals surface area contributed by atoms with Gasteiger partial charge >= 0.3 is 0 Å². The van der Waals surface area contributed by atoms with Crippen LogP contribution in [0.1, 0.15) is 21.5 Å². The molecular weight excluding hydrogens is 281 g/mol. The maximum Gasteiger partial charge on any atom is 0.251 e. The van der Waals surface area contributed by atoms with Crippen LogP contribution in [0.25, 0.3) is 0 Å². The Kier molecular flexibility index (Phi) is 4.83. The molecule has 2 rings (SSSR count). The maximum absolute atomic E-state index is 11.9. The van der Waals surface area contributed by atoms with Gasteiger partial charge in [-0.25, -0.2) is 0 Å². The Bertz CT molecular complexity index is 567. The van der Waals surface area contributed by atoms with Crippen LogP contribution in [-0.4, -0.2) is 5.91 Å². The van der Waals surface area contributed by atoms with Gasteiger partial charge in [-0.1, -0.05) is 35.9 Å². The van der Waals surface area contributed by atoms with Gasteiger partial charge in [-0.15, -0.1) is 11.6 Å². The van der Waals surface area contributed by atoms with Gasteiger partial charge in [0.25, 0.3) is 5.91 Å². The van der Waals surface area contributed by atoms with E-state index in [0.717, 1.165) is 11.1 Å². The van der Waals surface area contributed by atoms with Crippen molar-refractivity contribution in [3.63, 3.8) is 0 Å². The van der Waals surface area contributed by atoms with Gasteiger partial charge in [-0.3, -0.25) is 4.79 Å². The third-order valence-electron chi connectivity index (χ3n) is 2.71. The largest absolute Gasteiger partial charge is 0.348 e. The fraction of sp³-hybridized carbons (Fsp3) is 0.133. The monoisotopic (exact) mass is 293 g/mol. The average molecular weight is 294 g/mol. The van der Waals surface area contributed by atoms with Crippen LogP contribution in [0.15, 0.2) is 48.5 Å². The SMILES string of the molecule is O=C(NCc1cccc(Cl)c1)c1ccc(CCl)cc1. The fourth-order valence-electron chi connectivity index (χ4n) is 1.68. The standard InChI is InChI=1S/C15H13Cl2NO/c16-9-11-4-6-13(7-5-11)15(19)18-10-12-2-1-3-14(17)8-12/h1-8H,9-10H2,(H,18,19). The highest BCUT2D eigenvalue weighted by Gasteiger charge is 2.05. The Balaban J connectivity index is 1.97. The minimum atomic E-state index is -0.110. The van der Waals surface area contributed by atoms with Crippen LogP contribution in [0.2, 0.25) is 5.02 Å². The molecule has 4 heteroatoms. The number of alkyl halides is 1. The Morgan fingerprint density at radius 2 is 1.79 bits per heavy atom. The van der Waals surface area contributed by atoms with Crippen molar-refractivity contribution in [3.05, 3.63) is 70.2 Å². The van der Waals surface area contributed by atoms with E-state index in [0.29, 0.717) is 23.0 Å². The van der Waals surface area contributed by atoms with Gasteiger partial charge in [0.15, 0.2) is 0 Å². The van der Waals surface area contributed by atoms with Crippen LogP contribution < -0.4 is 5.32 Å². The molecule has 19 heavy (non-hydrogen) atoms. The third-order valence-corrected chi connectivity index (χ3v) is 3.26. The summed E-state index contributed by atoms with van der Waals surface area (Å²) >= 11 is 11.6. The van der Waals surface area contributed by atoms with Gasteiger partial charge in [0.2, 0.25) is 0 Å². The lowest BCUT2D eigenvalue weighted by atomic mass is 10.1. The third kappa shape index (κ3) is 3.98. The molecule has 2 aromatic rings. The number of benzene rings is 2. The fourth-order valence-corrected chi connectivity index (χ4v) is 2.07. The molecule has 2 nitrogen and oxygen atoms in total. The molecule has 0 spiro atoms. The lowest BCUT2D eigenvalue weighted by molar-refractivity contribution is 0.0951. The van der Waals surface area contributed by atoms with Gasteiger partial charge in [0, 0.05) is 23.0 Å². The van der Waals surface area contributed by atoms with Crippen molar-refractivity contribution >= 4 is 29.1 Å². The number of amides is 1. The molecule has 0 aliphatic heterocycles. The molecule has 0 unspecified atom stereocenters. The molecule has 0 aliphatic rings. The second-order valence-corrected chi connectivity index (χ2v) is 4.85. The lowest BCUT2D eigenvalue weighted by Gasteiger charge is -2.06. The van der Waals surface area contributed by atoms with Crippen molar-refractivity contribution < 1.29 is 4.79 Å². The minimum Gasteiger partial charge on any atom is -0.348 e. The summed E-state index contributed by atoms with van der Waals surface area (Å²) in [6.45, 7) is 0.455. The molecule has 98 valence electrons. The van der Waals surface area contributed by atoms with E-state index in [1.54, 1.807) is 18.2 Å². The highest BCUT2D eigenvalue weighted by molar-refractivity contribution is 6.30. The molecule has 0 heterocycles. The molecule has 0 bridgehead atoms. The van der Waals surface area contributed by atoms with E-state index in [1.165, 1.54) is 0 Å². The number of rotatable bonds is 4. The van der Waals surface area contributed by atoms with Gasteiger partial charge in [-0.05, 0) is 35.4 Å². The normalized spacial score (nSPS) is 10.2. The number of carbonyl (C=O) groups is 1. The molecule has 0 saturated heterocycles. The molecule has 0 aliphatic carbocycles. The van der Waals surface area contributed by atoms with Crippen molar-refractivity contribution in [1.82, 2.24) is 5.32 Å². The maximum atomic E-state index is 11.9. The number of nitrogens with one attached hydrogen (secondary N) is 1. The molecular formula is C15H13Cl2NO. The van der Waals surface area contributed by atoms with E-state index in [2.05, 4.69) is 5.32 Å². The molecule has 0 fully saturated rings. The molecule has 0 saturated carbocycles. The predicted molar refractivity (Wildman–Crippen MR) is 78.6 cm³/mol. The zero-order valence-electron chi connectivity index (χ0n) is 10.2. The number of carbonyl (C=O) groups excluding carboxylic acids is 1. The number of halogens is 2. The zero-order chi connectivity index (χ0) is 13.7. The second kappa shape index (κ2) is 6.60. The summed E-state index contributed by atoms with van der Waals surface area (Å²) in [6, 6.07) is 14.6. The number of hydrogen-bond donors (Lipinski definition) is 1. The van der Waals surface area contributed by atoms with Crippen LogP contribution in [0.4, 0.5) is 0 Å². The van der Waals surface area contributed by atoms with Crippen molar-refractivity contribution in [3.8, 4) is 0 Å². The average Bonchev–Trinajstić information content (AvgIpc) is 2.45. The van der Waals surface area contributed by atoms with Crippen molar-refractivity contribution in [2.24, 2.45) is 0 Å². The van der Waals surface area contributed by atoms with E-state index < -0.39 is 0 Å². The Morgan fingerprint density at radius 3 is 2.42 bits per heavy atom. The van der Waals surface area contributed by atoms with Crippen LogP contribution in [-0.2, 0) is 12.4 Å². The topological polar surface area (TPSA) is 29.1 Å². The van der Waals surface area contributed by atoms with Gasteiger partial charge in [-0.2, -0.15) is 0 Å². The van der Waals surface area contributed by atoms with Crippen LogP contribution in [0.3, 0.4) is 0 Å². The van der Waals surface area contributed by atoms with Crippen molar-refractivity contribution in [2.45, 2.75) is 12.4 Å². The predicted octanol–water partition coefficient (Wildman–Crippen LogP) is 4.01. The molecule has 0 atom stereocenters. The van der Waals surface area contributed by atoms with Gasteiger partial charge < -0.3 is 5.32 Å². The first-order chi connectivity index (χ1) is 9.19. The summed E-state index contributed by atoms with van der Waals surface area (Å²) in [6.07, 6.45) is 0. The smallest absolute Gasteiger partial charge is 0.251 e. The van der Waals surface area contributed by atoms with Gasteiger partial charge in [0.1, 0.15) is 0 Å². The summed E-state index contributed by atoms with van der Waals surface area (Å²) in [5.41, 5.74) is 2.59. The quantitative estimate of drug-likeness (QED) is 0.848. The Labute approximate surface area is 122 Å². The highest BCUT2D eigenvalue weighted by Crippen LogP contribution is 2.11. The van der Waals surface area contributed by atoms with Crippen LogP contribution >= 0.6 is 23.2 Å². The van der Waals surface area contributed by atoms with E-state index in [4.69, 9.17) is 23.2 Å². The molecule has 0 aromatic heterocycles. The summed E-state index contributed by atoms with van der Waals surface area (Å²) in [4.78, 5) is 11.9. The Hall–Kier alpha value is -1.51. The summed E-state index contributed by atoms with van der Waals surface area (Å²) in [5, 5.41) is 3.51. The summed E-state index contributed by atoms with van der Waals surface area (Å²) in [7, 11) is 0. The second-order valence-electron chi connectivity index (χ2n) is 4.14. The number of hydrogen-bond acceptors (Lipinski definition) is 1. The molecule has 0 radical (unpaired) electrons. The molecule has 1 N–H and O–H groups in total.